The number of rotatable bonds is 8. The first kappa shape index (κ1) is 34.6. The number of carbonyl (C=O) groups is 1. The molecule has 7 rings (SSSR count). The highest BCUT2D eigenvalue weighted by Crippen LogP contribution is 2.43. The largest absolute Gasteiger partial charge is 0.488 e. The molecule has 4 atom stereocenters. The second-order valence-corrected chi connectivity index (χ2v) is 16.8. The maximum atomic E-state index is 13.8. The highest BCUT2D eigenvalue weighted by atomic mass is 32.2. The van der Waals surface area contributed by atoms with Crippen molar-refractivity contribution in [3.05, 3.63) is 76.6 Å². The number of aromatic nitrogens is 4. The molecule has 266 valence electrons. The van der Waals surface area contributed by atoms with Crippen LogP contribution in [-0.4, -0.2) is 56.4 Å². The molecule has 1 aliphatic heterocycles. The zero-order valence-electron chi connectivity index (χ0n) is 29.4. The van der Waals surface area contributed by atoms with E-state index in [2.05, 4.69) is 21.4 Å². The van der Waals surface area contributed by atoms with Crippen LogP contribution in [0.2, 0.25) is 0 Å². The minimum absolute atomic E-state index is 0.0514. The van der Waals surface area contributed by atoms with Gasteiger partial charge in [-0.2, -0.15) is 4.31 Å². The van der Waals surface area contributed by atoms with Crippen molar-refractivity contribution in [2.75, 3.05) is 6.54 Å². The quantitative estimate of drug-likeness (QED) is 0.200. The summed E-state index contributed by atoms with van der Waals surface area (Å²) in [5.74, 6) is 0.962. The van der Waals surface area contributed by atoms with Crippen molar-refractivity contribution in [2.24, 2.45) is 18.9 Å². The van der Waals surface area contributed by atoms with E-state index in [0.717, 1.165) is 58.0 Å². The van der Waals surface area contributed by atoms with Crippen molar-refractivity contribution in [1.29, 1.82) is 0 Å². The minimum Gasteiger partial charge on any atom is -0.488 e. The lowest BCUT2D eigenvalue weighted by Gasteiger charge is -2.30. The maximum absolute atomic E-state index is 13.8. The molecule has 2 unspecified atom stereocenters. The fourth-order valence-electron chi connectivity index (χ4n) is 8.93. The zero-order chi connectivity index (χ0) is 35.0. The smallest absolute Gasteiger partial charge is 0.304 e. The predicted octanol–water partition coefficient (Wildman–Crippen LogP) is 7.49. The number of hydrogen-bond acceptors (Lipinski definition) is 7. The summed E-state index contributed by atoms with van der Waals surface area (Å²) in [6.45, 7) is 4.12. The third kappa shape index (κ3) is 7.04. The molecule has 0 amide bonds. The Morgan fingerprint density at radius 3 is 2.48 bits per heavy atom. The summed E-state index contributed by atoms with van der Waals surface area (Å²) in [5, 5.41) is 19.2. The van der Waals surface area contributed by atoms with E-state index in [1.807, 2.05) is 49.8 Å². The number of benzene rings is 2. The predicted molar refractivity (Wildman–Crippen MR) is 192 cm³/mol. The molecule has 11 heteroatoms. The van der Waals surface area contributed by atoms with Crippen LogP contribution in [0.1, 0.15) is 117 Å². The summed E-state index contributed by atoms with van der Waals surface area (Å²) < 4.78 is 37.0. The van der Waals surface area contributed by atoms with Gasteiger partial charge in [-0.3, -0.25) is 9.78 Å². The lowest BCUT2D eigenvalue weighted by molar-refractivity contribution is -0.137. The van der Waals surface area contributed by atoms with Gasteiger partial charge in [-0.15, -0.1) is 5.10 Å². The van der Waals surface area contributed by atoms with Gasteiger partial charge in [-0.05, 0) is 90.8 Å². The van der Waals surface area contributed by atoms with E-state index < -0.39 is 21.9 Å². The zero-order valence-corrected chi connectivity index (χ0v) is 30.2. The number of ether oxygens (including phenoxy) is 1. The number of pyridine rings is 1. The van der Waals surface area contributed by atoms with Crippen LogP contribution in [0.5, 0.6) is 5.75 Å². The molecule has 0 bridgehead atoms. The van der Waals surface area contributed by atoms with Crippen molar-refractivity contribution < 1.29 is 23.1 Å². The molecule has 2 fully saturated rings. The number of aryl methyl sites for hydroxylation is 2. The Morgan fingerprint density at radius 1 is 0.980 bits per heavy atom. The molecular formula is C39H49N5O5S. The summed E-state index contributed by atoms with van der Waals surface area (Å²) in [6.07, 6.45) is 15.1. The third-order valence-corrected chi connectivity index (χ3v) is 13.4. The first-order valence-corrected chi connectivity index (χ1v) is 19.8. The molecule has 1 N–H and O–H groups in total. The average molecular weight is 700 g/mol. The second kappa shape index (κ2) is 14.4. The molecule has 0 spiro atoms. The Labute approximate surface area is 295 Å². The first-order valence-electron chi connectivity index (χ1n) is 18.3. The molecule has 2 aliphatic carbocycles. The number of fused-ring (bicyclic) bond motifs is 2. The van der Waals surface area contributed by atoms with Gasteiger partial charge in [0, 0.05) is 25.7 Å². The summed E-state index contributed by atoms with van der Waals surface area (Å²) in [5.41, 5.74) is 6.53. The molecule has 0 radical (unpaired) electrons. The molecule has 2 aromatic heterocycles. The van der Waals surface area contributed by atoms with Crippen LogP contribution < -0.4 is 4.74 Å². The van der Waals surface area contributed by atoms with E-state index in [-0.39, 0.29) is 30.5 Å². The molecule has 4 aromatic rings. The Balaban J connectivity index is 1.24. The van der Waals surface area contributed by atoms with E-state index in [0.29, 0.717) is 11.7 Å². The lowest BCUT2D eigenvalue weighted by Crippen LogP contribution is -2.35. The second-order valence-electron chi connectivity index (χ2n) is 14.9. The van der Waals surface area contributed by atoms with Crippen molar-refractivity contribution in [1.82, 2.24) is 24.3 Å². The average Bonchev–Trinajstić information content (AvgIpc) is 3.73. The summed E-state index contributed by atoms with van der Waals surface area (Å²) in [4.78, 5) is 16.6. The molecule has 3 heterocycles. The lowest BCUT2D eigenvalue weighted by atomic mass is 9.76. The van der Waals surface area contributed by atoms with E-state index in [1.54, 1.807) is 6.07 Å². The van der Waals surface area contributed by atoms with Gasteiger partial charge in [0.15, 0.2) is 0 Å². The summed E-state index contributed by atoms with van der Waals surface area (Å²) in [7, 11) is -1.95. The number of sulfonamides is 1. The number of carboxylic acid groups (broad SMARTS) is 1. The fourth-order valence-corrected chi connectivity index (χ4v) is 10.5. The molecule has 50 heavy (non-hydrogen) atoms. The van der Waals surface area contributed by atoms with E-state index in [1.165, 1.54) is 73.6 Å². The van der Waals surface area contributed by atoms with Gasteiger partial charge in [-0.1, -0.05) is 74.4 Å². The van der Waals surface area contributed by atoms with Gasteiger partial charge in [0.25, 0.3) is 0 Å². The van der Waals surface area contributed by atoms with Gasteiger partial charge in [0.2, 0.25) is 10.0 Å². The number of aliphatic carboxylic acids is 1. The van der Waals surface area contributed by atoms with Crippen molar-refractivity contribution in [3.8, 4) is 5.75 Å². The standard InChI is InChI=1S/C39H49N5O5S/c1-25-12-13-30(18-32(25)24-44-23-26(2)49-36-16-17-40-22-37(36)50(44,47)48)33(21-38(45)46)31-19-34(39-35(20-31)41-42-43(39)3)29-11-7-6-10-28(14-15-29)27-8-4-5-9-27/h12-13,16-20,22,26-29,33H,4-11,14-15,21,23-24H2,1-3H3,(H,45,46)/t26-,28?,29?,33+/m1/s1. The van der Waals surface area contributed by atoms with E-state index in [9.17, 15) is 18.3 Å². The maximum Gasteiger partial charge on any atom is 0.304 e. The van der Waals surface area contributed by atoms with Gasteiger partial charge < -0.3 is 9.84 Å². The number of hydrogen-bond donors (Lipinski definition) is 1. The highest BCUT2D eigenvalue weighted by molar-refractivity contribution is 7.89. The van der Waals surface area contributed by atoms with Gasteiger partial charge in [-0.25, -0.2) is 13.1 Å². The third-order valence-electron chi connectivity index (χ3n) is 11.6. The topological polar surface area (TPSA) is 128 Å². The van der Waals surface area contributed by atoms with E-state index >= 15 is 0 Å². The molecule has 10 nitrogen and oxygen atoms in total. The summed E-state index contributed by atoms with van der Waals surface area (Å²) in [6, 6.07) is 11.8. The van der Waals surface area contributed by atoms with Crippen LogP contribution in [-0.2, 0) is 28.4 Å². The van der Waals surface area contributed by atoms with Gasteiger partial charge in [0.1, 0.15) is 22.3 Å². The first-order chi connectivity index (χ1) is 24.1. The Bertz CT molecular complexity index is 1970. The van der Waals surface area contributed by atoms with Crippen LogP contribution in [0.25, 0.3) is 11.0 Å². The molecule has 0 saturated heterocycles. The van der Waals surface area contributed by atoms with Gasteiger partial charge in [0.05, 0.1) is 24.7 Å². The Hall–Kier alpha value is -3.83. The van der Waals surface area contributed by atoms with Crippen molar-refractivity contribution in [3.63, 3.8) is 0 Å². The summed E-state index contributed by atoms with van der Waals surface area (Å²) >= 11 is 0. The molecule has 3 aliphatic rings. The monoisotopic (exact) mass is 699 g/mol. The SMILES string of the molecule is Cc1ccc([C@H](CC(=O)O)c2cc(C3CCCCC(C4CCCC4)CC3)c3c(c2)nnn3C)cc1CN1C[C@@H](C)Oc2ccncc2S1(=O)=O. The van der Waals surface area contributed by atoms with Crippen LogP contribution in [0.3, 0.4) is 0 Å². The highest BCUT2D eigenvalue weighted by Gasteiger charge is 2.35. The molecule has 2 saturated carbocycles. The molecule has 2 aromatic carbocycles. The van der Waals surface area contributed by atoms with Gasteiger partial charge >= 0.3 is 5.97 Å². The molecular weight excluding hydrogens is 651 g/mol. The van der Waals surface area contributed by atoms with Crippen molar-refractivity contribution >= 4 is 27.0 Å². The number of nitrogens with zero attached hydrogens (tertiary/aromatic N) is 5. The van der Waals surface area contributed by atoms with E-state index in [4.69, 9.17) is 4.74 Å². The minimum atomic E-state index is -3.89. The fraction of sp³-hybridized carbons (Fsp3) is 0.538. The van der Waals surface area contributed by atoms with Crippen LogP contribution in [0, 0.1) is 18.8 Å². The number of carboxylic acids is 1. The van der Waals surface area contributed by atoms with Crippen LogP contribution >= 0.6 is 0 Å². The van der Waals surface area contributed by atoms with Crippen LogP contribution in [0.4, 0.5) is 0 Å². The van der Waals surface area contributed by atoms with Crippen LogP contribution in [0.15, 0.2) is 53.7 Å². The Morgan fingerprint density at radius 2 is 1.72 bits per heavy atom. The van der Waals surface area contributed by atoms with Crippen molar-refractivity contribution in [2.45, 2.75) is 114 Å². The Kier molecular flexibility index (Phi) is 9.98. The normalized spacial score (nSPS) is 23.8.